The monoisotopic (exact) mass is 350 g/mol. The molecule has 3 rings (SSSR count). The molecule has 4 nitrogen and oxygen atoms in total. The molecule has 1 aromatic heterocycles. The van der Waals surface area contributed by atoms with Gasteiger partial charge in [-0.15, -0.1) is 0 Å². The summed E-state index contributed by atoms with van der Waals surface area (Å²) in [7, 11) is 0. The quantitative estimate of drug-likeness (QED) is 0.889. The number of nitrogens with two attached hydrogens (primary N) is 1. The van der Waals surface area contributed by atoms with E-state index in [2.05, 4.69) is 21.2 Å². The number of amides is 1. The zero-order valence-electron chi connectivity index (χ0n) is 12.0. The van der Waals surface area contributed by atoms with Crippen LogP contribution in [0.2, 0.25) is 0 Å². The van der Waals surface area contributed by atoms with Crippen LogP contribution in [0.5, 0.6) is 0 Å². The van der Waals surface area contributed by atoms with Gasteiger partial charge in [0.1, 0.15) is 5.58 Å². The first-order valence-electron chi connectivity index (χ1n) is 7.26. The molecule has 0 spiro atoms. The number of fused-ring (bicyclic) bond motifs is 1. The lowest BCUT2D eigenvalue weighted by molar-refractivity contribution is 0.0876. The van der Waals surface area contributed by atoms with Gasteiger partial charge in [0.15, 0.2) is 5.76 Å². The van der Waals surface area contributed by atoms with Gasteiger partial charge in [0.25, 0.3) is 5.91 Å². The zero-order valence-corrected chi connectivity index (χ0v) is 13.6. The number of hydrogen-bond donors (Lipinski definition) is 2. The molecular formula is C16H19BrN2O2. The minimum atomic E-state index is -0.261. The second-order valence-corrected chi connectivity index (χ2v) is 6.76. The maximum atomic E-state index is 12.6. The lowest BCUT2D eigenvalue weighted by atomic mass is 9.97. The number of benzene rings is 1. The van der Waals surface area contributed by atoms with Gasteiger partial charge in [0.2, 0.25) is 0 Å². The smallest absolute Gasteiger partial charge is 0.287 e. The summed E-state index contributed by atoms with van der Waals surface area (Å²) in [5.74, 6) is 0.231. The van der Waals surface area contributed by atoms with Crippen molar-refractivity contribution in [1.82, 2.24) is 5.32 Å². The first kappa shape index (κ1) is 14.6. The molecule has 21 heavy (non-hydrogen) atoms. The van der Waals surface area contributed by atoms with Crippen molar-refractivity contribution in [2.24, 2.45) is 5.73 Å². The molecule has 0 bridgehead atoms. The summed E-state index contributed by atoms with van der Waals surface area (Å²) in [6.45, 7) is 2.39. The zero-order chi connectivity index (χ0) is 15.0. The van der Waals surface area contributed by atoms with Crippen LogP contribution in [-0.4, -0.2) is 18.0 Å². The average Bonchev–Trinajstić information content (AvgIpc) is 3.05. The first-order chi connectivity index (χ1) is 10.0. The molecule has 1 aliphatic carbocycles. The molecule has 1 aromatic carbocycles. The van der Waals surface area contributed by atoms with Gasteiger partial charge in [-0.25, -0.2) is 0 Å². The van der Waals surface area contributed by atoms with E-state index in [-0.39, 0.29) is 11.4 Å². The molecule has 1 aliphatic rings. The summed E-state index contributed by atoms with van der Waals surface area (Å²) in [6, 6.07) is 5.75. The van der Waals surface area contributed by atoms with Gasteiger partial charge < -0.3 is 15.5 Å². The van der Waals surface area contributed by atoms with Gasteiger partial charge in [0.05, 0.1) is 5.54 Å². The van der Waals surface area contributed by atoms with Crippen LogP contribution in [0.1, 0.15) is 41.8 Å². The van der Waals surface area contributed by atoms with Gasteiger partial charge in [-0.3, -0.25) is 4.79 Å². The predicted molar refractivity (Wildman–Crippen MR) is 86.4 cm³/mol. The first-order valence-corrected chi connectivity index (χ1v) is 8.05. The predicted octanol–water partition coefficient (Wildman–Crippen LogP) is 3.51. The molecular weight excluding hydrogens is 332 g/mol. The number of hydrogen-bond acceptors (Lipinski definition) is 3. The topological polar surface area (TPSA) is 68.3 Å². The SMILES string of the molecule is Cc1c(C(=O)NC2(CN)CCCC2)oc2ccc(Br)cc12. The maximum absolute atomic E-state index is 12.6. The van der Waals surface area contributed by atoms with E-state index in [1.165, 1.54) is 0 Å². The number of rotatable bonds is 3. The van der Waals surface area contributed by atoms with E-state index in [9.17, 15) is 4.79 Å². The Kier molecular flexibility index (Phi) is 3.80. The van der Waals surface area contributed by atoms with E-state index in [0.29, 0.717) is 12.3 Å². The second kappa shape index (κ2) is 5.46. The van der Waals surface area contributed by atoms with Crippen molar-refractivity contribution in [2.75, 3.05) is 6.54 Å². The molecule has 2 aromatic rings. The molecule has 0 atom stereocenters. The maximum Gasteiger partial charge on any atom is 0.287 e. The lowest BCUT2D eigenvalue weighted by Gasteiger charge is -2.28. The Morgan fingerprint density at radius 1 is 1.43 bits per heavy atom. The van der Waals surface area contributed by atoms with E-state index in [0.717, 1.165) is 46.7 Å². The summed E-state index contributed by atoms with van der Waals surface area (Å²) in [4.78, 5) is 12.6. The van der Waals surface area contributed by atoms with Crippen molar-refractivity contribution in [1.29, 1.82) is 0 Å². The summed E-state index contributed by atoms with van der Waals surface area (Å²) in [6.07, 6.45) is 4.12. The van der Waals surface area contributed by atoms with E-state index in [4.69, 9.17) is 10.2 Å². The Balaban J connectivity index is 1.93. The van der Waals surface area contributed by atoms with Crippen LogP contribution in [0.3, 0.4) is 0 Å². The van der Waals surface area contributed by atoms with Crippen LogP contribution in [0.15, 0.2) is 27.1 Å². The molecule has 0 aliphatic heterocycles. The number of aryl methyl sites for hydroxylation is 1. The normalized spacial score (nSPS) is 17.3. The summed E-state index contributed by atoms with van der Waals surface area (Å²) in [5, 5.41) is 4.07. The fourth-order valence-corrected chi connectivity index (χ4v) is 3.50. The van der Waals surface area contributed by atoms with Gasteiger partial charge in [-0.2, -0.15) is 0 Å². The van der Waals surface area contributed by atoms with Crippen LogP contribution >= 0.6 is 15.9 Å². The molecule has 112 valence electrons. The Bertz CT molecular complexity index is 687. The summed E-state index contributed by atoms with van der Waals surface area (Å²) in [5.41, 5.74) is 7.22. The Hall–Kier alpha value is -1.33. The van der Waals surface area contributed by atoms with Gasteiger partial charge in [-0.1, -0.05) is 28.8 Å². The van der Waals surface area contributed by atoms with Gasteiger partial charge in [-0.05, 0) is 38.0 Å². The molecule has 0 radical (unpaired) electrons. The van der Waals surface area contributed by atoms with E-state index in [1.54, 1.807) is 0 Å². The molecule has 0 unspecified atom stereocenters. The molecule has 1 heterocycles. The molecule has 1 saturated carbocycles. The highest BCUT2D eigenvalue weighted by atomic mass is 79.9. The Morgan fingerprint density at radius 2 is 2.14 bits per heavy atom. The fraction of sp³-hybridized carbons (Fsp3) is 0.438. The third-order valence-electron chi connectivity index (χ3n) is 4.43. The van der Waals surface area contributed by atoms with Gasteiger partial charge >= 0.3 is 0 Å². The van der Waals surface area contributed by atoms with Gasteiger partial charge in [0, 0.05) is 22.0 Å². The van der Waals surface area contributed by atoms with Crippen molar-refractivity contribution in [3.63, 3.8) is 0 Å². The largest absolute Gasteiger partial charge is 0.451 e. The van der Waals surface area contributed by atoms with Crippen LogP contribution in [0.4, 0.5) is 0 Å². The highest BCUT2D eigenvalue weighted by Crippen LogP contribution is 2.31. The molecule has 3 N–H and O–H groups in total. The summed E-state index contributed by atoms with van der Waals surface area (Å²) >= 11 is 3.44. The Labute approximate surface area is 132 Å². The van der Waals surface area contributed by atoms with E-state index < -0.39 is 0 Å². The number of furan rings is 1. The number of carbonyl (C=O) groups excluding carboxylic acids is 1. The van der Waals surface area contributed by atoms with Crippen LogP contribution in [-0.2, 0) is 0 Å². The molecule has 1 fully saturated rings. The average molecular weight is 351 g/mol. The van der Waals surface area contributed by atoms with Crippen LogP contribution in [0.25, 0.3) is 11.0 Å². The van der Waals surface area contributed by atoms with Crippen molar-refractivity contribution in [3.05, 3.63) is 34.0 Å². The van der Waals surface area contributed by atoms with Crippen molar-refractivity contribution in [3.8, 4) is 0 Å². The molecule has 0 saturated heterocycles. The second-order valence-electron chi connectivity index (χ2n) is 5.84. The minimum Gasteiger partial charge on any atom is -0.451 e. The molecule has 1 amide bonds. The fourth-order valence-electron chi connectivity index (χ4n) is 3.14. The van der Waals surface area contributed by atoms with E-state index in [1.807, 2.05) is 25.1 Å². The lowest BCUT2D eigenvalue weighted by Crippen LogP contribution is -2.51. The highest BCUT2D eigenvalue weighted by molar-refractivity contribution is 9.10. The van der Waals surface area contributed by atoms with E-state index >= 15 is 0 Å². The number of halogens is 1. The standard InChI is InChI=1S/C16H19BrN2O2/c1-10-12-8-11(17)4-5-13(12)21-14(10)15(20)19-16(9-18)6-2-3-7-16/h4-5,8H,2-3,6-7,9,18H2,1H3,(H,19,20). The number of carbonyl (C=O) groups is 1. The third-order valence-corrected chi connectivity index (χ3v) is 4.93. The highest BCUT2D eigenvalue weighted by Gasteiger charge is 2.35. The van der Waals surface area contributed by atoms with Crippen LogP contribution in [0, 0.1) is 6.92 Å². The minimum absolute atomic E-state index is 0.160. The van der Waals surface area contributed by atoms with Crippen LogP contribution < -0.4 is 11.1 Å². The molecule has 5 heteroatoms. The summed E-state index contributed by atoms with van der Waals surface area (Å²) < 4.78 is 6.71. The van der Waals surface area contributed by atoms with Crippen molar-refractivity contribution in [2.45, 2.75) is 38.1 Å². The third kappa shape index (κ3) is 2.60. The van der Waals surface area contributed by atoms with Crippen molar-refractivity contribution < 1.29 is 9.21 Å². The Morgan fingerprint density at radius 3 is 2.81 bits per heavy atom. The number of nitrogens with one attached hydrogen (secondary N) is 1. The van der Waals surface area contributed by atoms with Crippen molar-refractivity contribution >= 4 is 32.8 Å².